The zero-order valence-corrected chi connectivity index (χ0v) is 17.7. The van der Waals surface area contributed by atoms with Gasteiger partial charge in [-0.2, -0.15) is 0 Å². The summed E-state index contributed by atoms with van der Waals surface area (Å²) in [6, 6.07) is 17.5. The van der Waals surface area contributed by atoms with Crippen molar-refractivity contribution in [2.24, 2.45) is 0 Å². The third kappa shape index (κ3) is 4.23. The van der Waals surface area contributed by atoms with Crippen LogP contribution in [0.25, 0.3) is 0 Å². The lowest BCUT2D eigenvalue weighted by atomic mass is 10.0. The van der Waals surface area contributed by atoms with E-state index in [1.54, 1.807) is 36.4 Å². The van der Waals surface area contributed by atoms with Gasteiger partial charge in [-0.1, -0.05) is 30.3 Å². The van der Waals surface area contributed by atoms with Gasteiger partial charge < -0.3 is 4.74 Å². The number of hydrazine groups is 1. The third-order valence-electron chi connectivity index (χ3n) is 4.86. The summed E-state index contributed by atoms with van der Waals surface area (Å²) in [7, 11) is -4.02. The van der Waals surface area contributed by atoms with E-state index in [1.165, 1.54) is 30.3 Å². The molecule has 3 aromatic rings. The van der Waals surface area contributed by atoms with Gasteiger partial charge in [-0.3, -0.25) is 25.2 Å². The average molecular weight is 464 g/mol. The number of amides is 2. The monoisotopic (exact) mass is 464 g/mol. The van der Waals surface area contributed by atoms with E-state index in [1.807, 2.05) is 0 Å². The zero-order valence-electron chi connectivity index (χ0n) is 16.9. The minimum Gasteiger partial charge on any atom is -0.452 e. The van der Waals surface area contributed by atoms with E-state index in [0.717, 1.165) is 6.07 Å². The standard InChI is InChI=1S/C23H16N2O7S/c26-20(24-25-22(28)14-6-2-1-3-7-14)13-32-23(29)15-10-11-17-19(12-15)33(30,31)18-9-5-4-8-16(18)21(17)27/h1-12H,13H2,(H,24,26)(H,25,28). The maximum atomic E-state index is 12.9. The SMILES string of the molecule is O=C(COC(=O)c1ccc2c(c1)S(=O)(=O)c1ccccc1C2=O)NNC(=O)c1ccccc1. The Kier molecular flexibility index (Phi) is 5.76. The number of nitrogens with one attached hydrogen (secondary N) is 2. The molecule has 0 radical (unpaired) electrons. The summed E-state index contributed by atoms with van der Waals surface area (Å²) in [6.07, 6.45) is 0. The van der Waals surface area contributed by atoms with Crippen molar-refractivity contribution in [1.82, 2.24) is 10.9 Å². The van der Waals surface area contributed by atoms with Crippen LogP contribution in [0.1, 0.15) is 36.6 Å². The summed E-state index contributed by atoms with van der Waals surface area (Å²) in [4.78, 5) is 48.4. The molecule has 0 saturated carbocycles. The molecule has 0 aliphatic carbocycles. The van der Waals surface area contributed by atoms with E-state index in [4.69, 9.17) is 4.74 Å². The van der Waals surface area contributed by atoms with E-state index < -0.39 is 40.0 Å². The fourth-order valence-electron chi connectivity index (χ4n) is 3.25. The summed E-state index contributed by atoms with van der Waals surface area (Å²) in [5, 5.41) is 0. The van der Waals surface area contributed by atoms with Gasteiger partial charge in [0.1, 0.15) is 0 Å². The number of rotatable bonds is 4. The summed E-state index contributed by atoms with van der Waals surface area (Å²) in [5.41, 5.74) is 4.48. The average Bonchev–Trinajstić information content (AvgIpc) is 2.84. The van der Waals surface area contributed by atoms with Crippen molar-refractivity contribution in [3.05, 3.63) is 95.1 Å². The van der Waals surface area contributed by atoms with Crippen molar-refractivity contribution in [2.45, 2.75) is 9.79 Å². The van der Waals surface area contributed by atoms with Crippen LogP contribution in [-0.2, 0) is 19.4 Å². The van der Waals surface area contributed by atoms with E-state index in [-0.39, 0.29) is 26.5 Å². The predicted octanol–water partition coefficient (Wildman–Crippen LogP) is 1.68. The molecule has 10 heteroatoms. The Hall–Kier alpha value is -4.31. The molecule has 1 aliphatic rings. The number of benzene rings is 3. The summed E-state index contributed by atoms with van der Waals surface area (Å²) in [6.45, 7) is -0.723. The molecule has 0 bridgehead atoms. The molecule has 1 heterocycles. The lowest BCUT2D eigenvalue weighted by molar-refractivity contribution is -0.125. The lowest BCUT2D eigenvalue weighted by Crippen LogP contribution is -2.43. The molecule has 1 aliphatic heterocycles. The van der Waals surface area contributed by atoms with Gasteiger partial charge in [-0.15, -0.1) is 0 Å². The normalized spacial score (nSPS) is 13.3. The second kappa shape index (κ2) is 8.67. The highest BCUT2D eigenvalue weighted by Crippen LogP contribution is 2.34. The minimum absolute atomic E-state index is 0.0494. The van der Waals surface area contributed by atoms with Crippen LogP contribution in [-0.4, -0.2) is 38.6 Å². The Bertz CT molecular complexity index is 1400. The van der Waals surface area contributed by atoms with Gasteiger partial charge in [0.25, 0.3) is 11.8 Å². The number of sulfone groups is 1. The largest absolute Gasteiger partial charge is 0.452 e. The van der Waals surface area contributed by atoms with Crippen LogP contribution in [0.5, 0.6) is 0 Å². The number of esters is 1. The first-order chi connectivity index (χ1) is 15.8. The summed E-state index contributed by atoms with van der Waals surface area (Å²) >= 11 is 0. The first kappa shape index (κ1) is 21.9. The highest BCUT2D eigenvalue weighted by atomic mass is 32.2. The Labute approximate surface area is 188 Å². The molecule has 166 valence electrons. The van der Waals surface area contributed by atoms with Gasteiger partial charge in [-0.25, -0.2) is 13.2 Å². The predicted molar refractivity (Wildman–Crippen MR) is 114 cm³/mol. The molecule has 0 spiro atoms. The highest BCUT2D eigenvalue weighted by Gasteiger charge is 2.35. The Morgan fingerprint density at radius 2 is 1.42 bits per heavy atom. The fraction of sp³-hybridized carbons (Fsp3) is 0.0435. The van der Waals surface area contributed by atoms with Gasteiger partial charge in [0.2, 0.25) is 9.84 Å². The second-order valence-electron chi connectivity index (χ2n) is 6.98. The Balaban J connectivity index is 1.43. The molecule has 2 N–H and O–H groups in total. The number of hydrogen-bond acceptors (Lipinski definition) is 7. The van der Waals surface area contributed by atoms with Crippen LogP contribution in [0.15, 0.2) is 82.6 Å². The van der Waals surface area contributed by atoms with E-state index in [9.17, 15) is 27.6 Å². The summed E-state index contributed by atoms with van der Waals surface area (Å²) < 4.78 is 30.8. The second-order valence-corrected chi connectivity index (χ2v) is 8.87. The minimum atomic E-state index is -4.02. The Morgan fingerprint density at radius 1 is 0.758 bits per heavy atom. The van der Waals surface area contributed by atoms with E-state index >= 15 is 0 Å². The molecule has 33 heavy (non-hydrogen) atoms. The van der Waals surface area contributed by atoms with Crippen LogP contribution in [0, 0.1) is 0 Å². The topological polar surface area (TPSA) is 136 Å². The fourth-order valence-corrected chi connectivity index (χ4v) is 4.93. The molecule has 3 aromatic carbocycles. The smallest absolute Gasteiger partial charge is 0.338 e. The number of hydrogen-bond donors (Lipinski definition) is 2. The van der Waals surface area contributed by atoms with Gasteiger partial charge >= 0.3 is 5.97 Å². The van der Waals surface area contributed by atoms with Crippen molar-refractivity contribution in [3.8, 4) is 0 Å². The quantitative estimate of drug-likeness (QED) is 0.346. The van der Waals surface area contributed by atoms with Crippen LogP contribution in [0.3, 0.4) is 0 Å². The van der Waals surface area contributed by atoms with Crippen molar-refractivity contribution in [2.75, 3.05) is 6.61 Å². The van der Waals surface area contributed by atoms with Gasteiger partial charge in [0.15, 0.2) is 12.4 Å². The van der Waals surface area contributed by atoms with Crippen molar-refractivity contribution in [3.63, 3.8) is 0 Å². The molecular weight excluding hydrogens is 448 g/mol. The number of ketones is 1. The molecule has 0 atom stereocenters. The van der Waals surface area contributed by atoms with Crippen molar-refractivity contribution in [1.29, 1.82) is 0 Å². The van der Waals surface area contributed by atoms with E-state index in [2.05, 4.69) is 10.9 Å². The van der Waals surface area contributed by atoms with Crippen LogP contribution >= 0.6 is 0 Å². The molecule has 2 amide bonds. The lowest BCUT2D eigenvalue weighted by Gasteiger charge is -2.19. The molecule has 9 nitrogen and oxygen atoms in total. The van der Waals surface area contributed by atoms with Gasteiger partial charge in [0.05, 0.1) is 15.4 Å². The molecule has 4 rings (SSSR count). The molecule has 0 unspecified atom stereocenters. The number of ether oxygens (including phenoxy) is 1. The van der Waals surface area contributed by atoms with Crippen molar-refractivity contribution < 1.29 is 32.3 Å². The van der Waals surface area contributed by atoms with Crippen molar-refractivity contribution >= 4 is 33.4 Å². The number of carbonyl (C=O) groups excluding carboxylic acids is 4. The molecular formula is C23H16N2O7S. The maximum absolute atomic E-state index is 12.9. The number of fused-ring (bicyclic) bond motifs is 2. The van der Waals surface area contributed by atoms with Crippen LogP contribution in [0.4, 0.5) is 0 Å². The molecule has 0 aromatic heterocycles. The first-order valence-electron chi connectivity index (χ1n) is 9.63. The highest BCUT2D eigenvalue weighted by molar-refractivity contribution is 7.91. The summed E-state index contributed by atoms with van der Waals surface area (Å²) in [5.74, 6) is -2.80. The molecule has 0 fully saturated rings. The van der Waals surface area contributed by atoms with E-state index in [0.29, 0.717) is 5.56 Å². The third-order valence-corrected chi connectivity index (χ3v) is 6.71. The zero-order chi connectivity index (χ0) is 23.6. The van der Waals surface area contributed by atoms with Crippen LogP contribution < -0.4 is 10.9 Å². The number of carbonyl (C=O) groups is 4. The molecule has 0 saturated heterocycles. The van der Waals surface area contributed by atoms with Gasteiger partial charge in [0, 0.05) is 16.7 Å². The maximum Gasteiger partial charge on any atom is 0.338 e. The first-order valence-corrected chi connectivity index (χ1v) is 11.1. The Morgan fingerprint density at radius 3 is 2.18 bits per heavy atom. The van der Waals surface area contributed by atoms with Crippen LogP contribution in [0.2, 0.25) is 0 Å². The van der Waals surface area contributed by atoms with Gasteiger partial charge in [-0.05, 0) is 42.5 Å².